The van der Waals surface area contributed by atoms with E-state index in [4.69, 9.17) is 4.74 Å². The molecule has 0 heterocycles. The highest BCUT2D eigenvalue weighted by atomic mass is 16.5. The van der Waals surface area contributed by atoms with E-state index in [1.54, 1.807) is 14.0 Å². The van der Waals surface area contributed by atoms with Crippen molar-refractivity contribution in [1.82, 2.24) is 0 Å². The lowest BCUT2D eigenvalue weighted by atomic mass is 10.1. The third-order valence-corrected chi connectivity index (χ3v) is 3.20. The van der Waals surface area contributed by atoms with Gasteiger partial charge in [-0.3, -0.25) is 0 Å². The number of rotatable bonds is 6. The van der Waals surface area contributed by atoms with Gasteiger partial charge in [0, 0.05) is 24.9 Å². The topological polar surface area (TPSA) is 41.5 Å². The molecule has 0 saturated heterocycles. The van der Waals surface area contributed by atoms with Crippen LogP contribution in [0.3, 0.4) is 0 Å². The fourth-order valence-electron chi connectivity index (χ4n) is 2.22. The van der Waals surface area contributed by atoms with Crippen LogP contribution >= 0.6 is 0 Å². The quantitative estimate of drug-likeness (QED) is 0.845. The highest BCUT2D eigenvalue weighted by Crippen LogP contribution is 2.22. The molecular formula is C17H21NO2. The molecule has 0 radical (unpaired) electrons. The Morgan fingerprint density at radius 2 is 1.85 bits per heavy atom. The first-order chi connectivity index (χ1) is 9.70. The Kier molecular flexibility index (Phi) is 5.16. The largest absolute Gasteiger partial charge is 0.389 e. The lowest BCUT2D eigenvalue weighted by molar-refractivity contribution is 0.185. The number of anilines is 1. The summed E-state index contributed by atoms with van der Waals surface area (Å²) in [5, 5.41) is 13.1. The fraction of sp³-hybridized carbons (Fsp3) is 0.294. The molecule has 20 heavy (non-hydrogen) atoms. The molecule has 106 valence electrons. The Bertz CT molecular complexity index is 552. The number of hydrogen-bond donors (Lipinski definition) is 2. The van der Waals surface area contributed by atoms with Gasteiger partial charge in [0.25, 0.3) is 0 Å². The van der Waals surface area contributed by atoms with Crippen molar-refractivity contribution in [3.63, 3.8) is 0 Å². The molecule has 0 aliphatic carbocycles. The Hall–Kier alpha value is -1.84. The van der Waals surface area contributed by atoms with E-state index in [9.17, 15) is 5.11 Å². The minimum Gasteiger partial charge on any atom is -0.389 e. The zero-order valence-electron chi connectivity index (χ0n) is 12.0. The molecule has 0 amide bonds. The molecule has 0 saturated carbocycles. The maximum atomic E-state index is 9.76. The molecule has 0 spiro atoms. The first-order valence-corrected chi connectivity index (χ1v) is 6.78. The van der Waals surface area contributed by atoms with Gasteiger partial charge in [-0.05, 0) is 24.1 Å². The molecule has 3 nitrogen and oxygen atoms in total. The summed E-state index contributed by atoms with van der Waals surface area (Å²) in [5.74, 6) is 0. The number of aliphatic hydroxyl groups excluding tert-OH is 1. The average molecular weight is 271 g/mol. The van der Waals surface area contributed by atoms with Crippen LogP contribution in [0.1, 0.15) is 29.7 Å². The van der Waals surface area contributed by atoms with Crippen LogP contribution in [0.5, 0.6) is 0 Å². The minimum absolute atomic E-state index is 0.474. The molecule has 2 rings (SSSR count). The summed E-state index contributed by atoms with van der Waals surface area (Å²) in [4.78, 5) is 0. The highest BCUT2D eigenvalue weighted by molar-refractivity contribution is 5.52. The molecule has 2 aromatic carbocycles. The van der Waals surface area contributed by atoms with Gasteiger partial charge in [0.15, 0.2) is 0 Å². The van der Waals surface area contributed by atoms with Crippen molar-refractivity contribution < 1.29 is 9.84 Å². The molecule has 0 fully saturated rings. The molecule has 1 unspecified atom stereocenters. The van der Waals surface area contributed by atoms with Gasteiger partial charge in [0.05, 0.1) is 12.7 Å². The predicted molar refractivity (Wildman–Crippen MR) is 81.6 cm³/mol. The van der Waals surface area contributed by atoms with E-state index >= 15 is 0 Å². The molecule has 0 aromatic heterocycles. The molecule has 2 N–H and O–H groups in total. The SMILES string of the molecule is COCc1cccc(CNc2ccccc2C(C)O)c1. The second kappa shape index (κ2) is 7.08. The minimum atomic E-state index is -0.474. The first kappa shape index (κ1) is 14.6. The second-order valence-electron chi connectivity index (χ2n) is 4.87. The number of methoxy groups -OCH3 is 1. The van der Waals surface area contributed by atoms with Crippen molar-refractivity contribution in [3.05, 3.63) is 65.2 Å². The Morgan fingerprint density at radius 1 is 1.10 bits per heavy atom. The predicted octanol–water partition coefficient (Wildman–Crippen LogP) is 3.50. The van der Waals surface area contributed by atoms with Gasteiger partial charge in [0.1, 0.15) is 0 Å². The van der Waals surface area contributed by atoms with Gasteiger partial charge in [-0.1, -0.05) is 42.5 Å². The standard InChI is InChI=1S/C17H21NO2/c1-13(19)16-8-3-4-9-17(16)18-11-14-6-5-7-15(10-14)12-20-2/h3-10,13,18-19H,11-12H2,1-2H3. The molecule has 0 aliphatic heterocycles. The molecular weight excluding hydrogens is 250 g/mol. The van der Waals surface area contributed by atoms with Crippen molar-refractivity contribution in [2.45, 2.75) is 26.2 Å². The van der Waals surface area contributed by atoms with Gasteiger partial charge in [0.2, 0.25) is 0 Å². The van der Waals surface area contributed by atoms with E-state index in [-0.39, 0.29) is 0 Å². The van der Waals surface area contributed by atoms with Crippen LogP contribution in [-0.2, 0) is 17.9 Å². The van der Waals surface area contributed by atoms with Gasteiger partial charge in [-0.2, -0.15) is 0 Å². The molecule has 1 atom stereocenters. The summed E-state index contributed by atoms with van der Waals surface area (Å²) >= 11 is 0. The van der Waals surface area contributed by atoms with E-state index in [1.165, 1.54) is 5.56 Å². The van der Waals surface area contributed by atoms with Crippen molar-refractivity contribution >= 4 is 5.69 Å². The summed E-state index contributed by atoms with van der Waals surface area (Å²) in [7, 11) is 1.70. The van der Waals surface area contributed by atoms with Gasteiger partial charge >= 0.3 is 0 Å². The molecule has 0 bridgehead atoms. The maximum Gasteiger partial charge on any atom is 0.0781 e. The maximum absolute atomic E-state index is 9.76. The van der Waals surface area contributed by atoms with E-state index in [1.807, 2.05) is 30.3 Å². The zero-order valence-corrected chi connectivity index (χ0v) is 12.0. The van der Waals surface area contributed by atoms with Crippen molar-refractivity contribution in [1.29, 1.82) is 0 Å². The van der Waals surface area contributed by atoms with Gasteiger partial charge in [-0.15, -0.1) is 0 Å². The van der Waals surface area contributed by atoms with Gasteiger partial charge < -0.3 is 15.2 Å². The van der Waals surface area contributed by atoms with Crippen LogP contribution in [0.25, 0.3) is 0 Å². The monoisotopic (exact) mass is 271 g/mol. The lowest BCUT2D eigenvalue weighted by Crippen LogP contribution is -2.04. The van der Waals surface area contributed by atoms with Crippen LogP contribution in [0, 0.1) is 0 Å². The fourth-order valence-corrected chi connectivity index (χ4v) is 2.22. The smallest absolute Gasteiger partial charge is 0.0781 e. The van der Waals surface area contributed by atoms with Crippen LogP contribution in [-0.4, -0.2) is 12.2 Å². The summed E-state index contributed by atoms with van der Waals surface area (Å²) in [5.41, 5.74) is 4.25. The van der Waals surface area contributed by atoms with E-state index in [0.717, 1.165) is 23.4 Å². The van der Waals surface area contributed by atoms with Crippen molar-refractivity contribution in [2.24, 2.45) is 0 Å². The third-order valence-electron chi connectivity index (χ3n) is 3.20. The summed E-state index contributed by atoms with van der Waals surface area (Å²) in [6.45, 7) is 3.12. The Labute approximate surface area is 120 Å². The second-order valence-corrected chi connectivity index (χ2v) is 4.87. The van der Waals surface area contributed by atoms with Gasteiger partial charge in [-0.25, -0.2) is 0 Å². The summed E-state index contributed by atoms with van der Waals surface area (Å²) in [6, 6.07) is 16.1. The Morgan fingerprint density at radius 3 is 2.60 bits per heavy atom. The van der Waals surface area contributed by atoms with E-state index in [0.29, 0.717) is 6.61 Å². The number of para-hydroxylation sites is 1. The summed E-state index contributed by atoms with van der Waals surface area (Å²) < 4.78 is 5.14. The third kappa shape index (κ3) is 3.83. The first-order valence-electron chi connectivity index (χ1n) is 6.78. The number of hydrogen-bond acceptors (Lipinski definition) is 3. The lowest BCUT2D eigenvalue weighted by Gasteiger charge is -2.14. The summed E-state index contributed by atoms with van der Waals surface area (Å²) in [6.07, 6.45) is -0.474. The number of ether oxygens (including phenoxy) is 1. The number of benzene rings is 2. The normalized spacial score (nSPS) is 12.2. The van der Waals surface area contributed by atoms with Crippen molar-refractivity contribution in [2.75, 3.05) is 12.4 Å². The average Bonchev–Trinajstić information content (AvgIpc) is 2.46. The van der Waals surface area contributed by atoms with Crippen LogP contribution in [0.2, 0.25) is 0 Å². The molecule has 0 aliphatic rings. The van der Waals surface area contributed by atoms with Crippen LogP contribution < -0.4 is 5.32 Å². The molecule has 3 heteroatoms. The Balaban J connectivity index is 2.07. The highest BCUT2D eigenvalue weighted by Gasteiger charge is 2.06. The zero-order chi connectivity index (χ0) is 14.4. The van der Waals surface area contributed by atoms with Crippen molar-refractivity contribution in [3.8, 4) is 0 Å². The number of nitrogens with one attached hydrogen (secondary N) is 1. The van der Waals surface area contributed by atoms with Crippen LogP contribution in [0.15, 0.2) is 48.5 Å². The van der Waals surface area contributed by atoms with E-state index in [2.05, 4.69) is 23.5 Å². The molecule has 2 aromatic rings. The van der Waals surface area contributed by atoms with E-state index < -0.39 is 6.10 Å². The number of aliphatic hydroxyl groups is 1. The van der Waals surface area contributed by atoms with Crippen LogP contribution in [0.4, 0.5) is 5.69 Å².